The lowest BCUT2D eigenvalue weighted by atomic mass is 10.0. The van der Waals surface area contributed by atoms with Crippen LogP contribution in [0.4, 0.5) is 27.1 Å². The van der Waals surface area contributed by atoms with Crippen molar-refractivity contribution in [3.8, 4) is 0 Å². The summed E-state index contributed by atoms with van der Waals surface area (Å²) in [6, 6.07) is 10.3. The Labute approximate surface area is 193 Å². The van der Waals surface area contributed by atoms with E-state index < -0.39 is 16.6 Å². The number of fused-ring (bicyclic) bond motifs is 1. The van der Waals surface area contributed by atoms with E-state index in [-0.39, 0.29) is 28.3 Å². The number of anilines is 3. The van der Waals surface area contributed by atoms with Gasteiger partial charge in [0.1, 0.15) is 5.82 Å². The van der Waals surface area contributed by atoms with Gasteiger partial charge < -0.3 is 5.73 Å². The Morgan fingerprint density at radius 2 is 1.74 bits per heavy atom. The van der Waals surface area contributed by atoms with Crippen LogP contribution in [0, 0.1) is 29.8 Å². The molecule has 10 heteroatoms. The fourth-order valence-electron chi connectivity index (χ4n) is 4.19. The minimum atomic E-state index is -0.595. The molecule has 3 aromatic carbocycles. The molecule has 1 amide bonds. The van der Waals surface area contributed by atoms with Crippen LogP contribution in [-0.4, -0.2) is 21.1 Å². The van der Waals surface area contributed by atoms with E-state index in [1.165, 1.54) is 29.2 Å². The second-order valence-corrected chi connectivity index (χ2v) is 8.46. The van der Waals surface area contributed by atoms with Crippen molar-refractivity contribution >= 4 is 39.7 Å². The number of rotatable bonds is 5. The van der Waals surface area contributed by atoms with Gasteiger partial charge in [-0.3, -0.25) is 19.8 Å². The highest BCUT2D eigenvalue weighted by atomic mass is 19.1. The van der Waals surface area contributed by atoms with Crippen LogP contribution >= 0.6 is 0 Å². The summed E-state index contributed by atoms with van der Waals surface area (Å²) >= 11 is 0. The maximum absolute atomic E-state index is 14.2. The number of benzene rings is 3. The van der Waals surface area contributed by atoms with Crippen LogP contribution in [0.15, 0.2) is 47.1 Å². The van der Waals surface area contributed by atoms with E-state index in [9.17, 15) is 19.3 Å². The Bertz CT molecular complexity index is 1450. The molecule has 1 saturated carbocycles. The third kappa shape index (κ3) is 3.53. The normalized spacial score (nSPS) is 13.3. The quantitative estimate of drug-likeness (QED) is 0.242. The summed E-state index contributed by atoms with van der Waals surface area (Å²) in [7, 11) is 0. The van der Waals surface area contributed by atoms with Gasteiger partial charge in [0.15, 0.2) is 5.52 Å². The van der Waals surface area contributed by atoms with E-state index >= 15 is 0 Å². The van der Waals surface area contributed by atoms with Crippen LogP contribution in [0.2, 0.25) is 0 Å². The molecule has 34 heavy (non-hydrogen) atoms. The minimum absolute atomic E-state index is 0.0533. The standard InChI is InChI=1S/C24H20FN5O4/c1-12-9-15(10-13(2)21(12)26)24(31)29(18-6-5-16(25)11-17(18)14-3-4-14)19-7-8-20(30(32)33)23-22(19)27-34-28-23/h5-11,14H,3-4,26H2,1-2H3. The van der Waals surface area contributed by atoms with Gasteiger partial charge in [0, 0.05) is 17.3 Å². The van der Waals surface area contributed by atoms with Crippen LogP contribution in [0.25, 0.3) is 11.0 Å². The number of carbonyl (C=O) groups excluding carboxylic acids is 1. The van der Waals surface area contributed by atoms with E-state index in [2.05, 4.69) is 10.3 Å². The molecule has 2 N–H and O–H groups in total. The highest BCUT2D eigenvalue weighted by Gasteiger charge is 2.33. The van der Waals surface area contributed by atoms with Gasteiger partial charge in [-0.15, -0.1) is 0 Å². The summed E-state index contributed by atoms with van der Waals surface area (Å²) in [5.41, 5.74) is 9.57. The number of nitrogens with zero attached hydrogens (tertiary/aromatic N) is 4. The molecule has 4 aromatic rings. The van der Waals surface area contributed by atoms with Crippen LogP contribution in [0.5, 0.6) is 0 Å². The number of hydrogen-bond donors (Lipinski definition) is 1. The molecular weight excluding hydrogens is 441 g/mol. The predicted octanol–water partition coefficient (Wildman–Crippen LogP) is 5.33. The summed E-state index contributed by atoms with van der Waals surface area (Å²) in [6.07, 6.45) is 1.75. The number of aryl methyl sites for hydroxylation is 2. The second kappa shape index (κ2) is 7.91. The lowest BCUT2D eigenvalue weighted by Crippen LogP contribution is -2.27. The Morgan fingerprint density at radius 3 is 2.38 bits per heavy atom. The van der Waals surface area contributed by atoms with Crippen molar-refractivity contribution in [1.29, 1.82) is 0 Å². The molecule has 0 bridgehead atoms. The van der Waals surface area contributed by atoms with E-state index in [0.717, 1.165) is 24.0 Å². The van der Waals surface area contributed by atoms with Crippen molar-refractivity contribution < 1.29 is 18.7 Å². The zero-order chi connectivity index (χ0) is 24.1. The molecular formula is C24H20FN5O4. The summed E-state index contributed by atoms with van der Waals surface area (Å²) < 4.78 is 19.0. The highest BCUT2D eigenvalue weighted by molar-refractivity contribution is 6.15. The van der Waals surface area contributed by atoms with Crippen LogP contribution in [0.3, 0.4) is 0 Å². The Hall–Kier alpha value is -4.34. The van der Waals surface area contributed by atoms with Gasteiger partial charge in [-0.05, 0) is 96.0 Å². The zero-order valence-electron chi connectivity index (χ0n) is 18.4. The van der Waals surface area contributed by atoms with Gasteiger partial charge in [-0.25, -0.2) is 9.02 Å². The molecule has 0 atom stereocenters. The van der Waals surface area contributed by atoms with E-state index in [0.29, 0.717) is 22.5 Å². The summed E-state index contributed by atoms with van der Waals surface area (Å²) in [6.45, 7) is 3.62. The number of halogens is 1. The topological polar surface area (TPSA) is 128 Å². The molecule has 0 unspecified atom stereocenters. The Kier molecular flexibility index (Phi) is 5.00. The van der Waals surface area contributed by atoms with Crippen molar-refractivity contribution in [2.75, 3.05) is 10.6 Å². The number of nitro groups is 1. The van der Waals surface area contributed by atoms with Gasteiger partial charge in [0.2, 0.25) is 5.52 Å². The third-order valence-corrected chi connectivity index (χ3v) is 6.10. The third-order valence-electron chi connectivity index (χ3n) is 6.10. The maximum atomic E-state index is 14.2. The minimum Gasteiger partial charge on any atom is -0.398 e. The van der Waals surface area contributed by atoms with Gasteiger partial charge in [0.05, 0.1) is 16.3 Å². The van der Waals surface area contributed by atoms with E-state index in [1.807, 2.05) is 13.8 Å². The molecule has 0 radical (unpaired) electrons. The second-order valence-electron chi connectivity index (χ2n) is 8.46. The SMILES string of the molecule is Cc1cc(C(=O)N(c2ccc(F)cc2C2CC2)c2ccc([N+](=O)[O-])c3nonc23)cc(C)c1N. The van der Waals surface area contributed by atoms with Gasteiger partial charge in [-0.2, -0.15) is 0 Å². The molecule has 1 heterocycles. The first-order valence-electron chi connectivity index (χ1n) is 10.7. The van der Waals surface area contributed by atoms with E-state index in [1.54, 1.807) is 18.2 Å². The zero-order valence-corrected chi connectivity index (χ0v) is 18.4. The molecule has 172 valence electrons. The number of non-ortho nitro benzene ring substituents is 1. The Balaban J connectivity index is 1.77. The smallest absolute Gasteiger partial charge is 0.300 e. The molecule has 5 rings (SSSR count). The van der Waals surface area contributed by atoms with Crippen LogP contribution in [-0.2, 0) is 0 Å². The first-order chi connectivity index (χ1) is 16.3. The molecule has 0 aliphatic heterocycles. The number of nitrogens with two attached hydrogens (primary N) is 1. The monoisotopic (exact) mass is 461 g/mol. The summed E-state index contributed by atoms with van der Waals surface area (Å²) in [5, 5.41) is 19.0. The number of amides is 1. The predicted molar refractivity (Wildman–Crippen MR) is 124 cm³/mol. The maximum Gasteiger partial charge on any atom is 0.300 e. The first kappa shape index (κ1) is 21.5. The lowest BCUT2D eigenvalue weighted by molar-refractivity contribution is -0.383. The molecule has 0 saturated heterocycles. The van der Waals surface area contributed by atoms with Crippen LogP contribution in [0.1, 0.15) is 45.8 Å². The highest BCUT2D eigenvalue weighted by Crippen LogP contribution is 2.47. The summed E-state index contributed by atoms with van der Waals surface area (Å²) in [4.78, 5) is 26.3. The lowest BCUT2D eigenvalue weighted by Gasteiger charge is -2.26. The van der Waals surface area contributed by atoms with Gasteiger partial charge >= 0.3 is 5.69 Å². The van der Waals surface area contributed by atoms with Gasteiger partial charge in [-0.1, -0.05) is 0 Å². The first-order valence-corrected chi connectivity index (χ1v) is 10.7. The van der Waals surface area contributed by atoms with Crippen molar-refractivity contribution in [1.82, 2.24) is 10.3 Å². The number of carbonyl (C=O) groups is 1. The Morgan fingerprint density at radius 1 is 1.09 bits per heavy atom. The summed E-state index contributed by atoms with van der Waals surface area (Å²) in [5.74, 6) is -0.716. The van der Waals surface area contributed by atoms with Crippen LogP contribution < -0.4 is 10.6 Å². The molecule has 1 aliphatic carbocycles. The van der Waals surface area contributed by atoms with Gasteiger partial charge in [0.25, 0.3) is 5.91 Å². The largest absolute Gasteiger partial charge is 0.398 e. The molecule has 9 nitrogen and oxygen atoms in total. The molecule has 1 aliphatic rings. The van der Waals surface area contributed by atoms with Crippen molar-refractivity contribution in [3.63, 3.8) is 0 Å². The average molecular weight is 461 g/mol. The van der Waals surface area contributed by atoms with Crippen molar-refractivity contribution in [2.45, 2.75) is 32.6 Å². The molecule has 1 aromatic heterocycles. The van der Waals surface area contributed by atoms with E-state index in [4.69, 9.17) is 10.4 Å². The number of nitrogen functional groups attached to an aromatic ring is 1. The van der Waals surface area contributed by atoms with Crippen molar-refractivity contribution in [3.05, 3.63) is 80.6 Å². The van der Waals surface area contributed by atoms with Crippen molar-refractivity contribution in [2.24, 2.45) is 0 Å². The number of nitro benzene ring substituents is 1. The molecule has 1 fully saturated rings. The molecule has 0 spiro atoms. The number of aromatic nitrogens is 2. The fraction of sp³-hybridized carbons (Fsp3) is 0.208. The fourth-order valence-corrected chi connectivity index (χ4v) is 4.19. The average Bonchev–Trinajstić information content (AvgIpc) is 3.53. The number of hydrogen-bond acceptors (Lipinski definition) is 7.